The lowest BCUT2D eigenvalue weighted by Crippen LogP contribution is -2.27. The third-order valence-corrected chi connectivity index (χ3v) is 6.03. The van der Waals surface area contributed by atoms with Gasteiger partial charge in [0, 0.05) is 31.7 Å². The van der Waals surface area contributed by atoms with Crippen LogP contribution in [0, 0.1) is 29.1 Å². The van der Waals surface area contributed by atoms with Crippen LogP contribution in [0.1, 0.15) is 38.8 Å². The molecule has 0 amide bonds. The summed E-state index contributed by atoms with van der Waals surface area (Å²) in [6.07, 6.45) is 0. The lowest BCUT2D eigenvalue weighted by atomic mass is 9.98. The molecule has 0 aliphatic carbocycles. The second-order valence-electron chi connectivity index (χ2n) is 7.35. The molecular formula is C24H27F5N6S2. The zero-order chi connectivity index (χ0) is 27.7. The van der Waals surface area contributed by atoms with Gasteiger partial charge in [-0.2, -0.15) is 0 Å². The summed E-state index contributed by atoms with van der Waals surface area (Å²) in [5.41, 5.74) is -2.11. The van der Waals surface area contributed by atoms with Gasteiger partial charge in [0.2, 0.25) is 5.82 Å². The fraction of sp³-hybridized carbons (Fsp3) is 0.333. The summed E-state index contributed by atoms with van der Waals surface area (Å²) < 4.78 is 72.2. The monoisotopic (exact) mass is 558 g/mol. The second-order valence-corrected chi connectivity index (χ2v) is 8.15. The molecule has 2 rings (SSSR count). The predicted molar refractivity (Wildman–Crippen MR) is 144 cm³/mol. The van der Waals surface area contributed by atoms with E-state index in [4.69, 9.17) is 0 Å². The van der Waals surface area contributed by atoms with Gasteiger partial charge in [-0.05, 0) is 27.7 Å². The summed E-state index contributed by atoms with van der Waals surface area (Å²) >= 11 is 8.58. The fourth-order valence-corrected chi connectivity index (χ4v) is 3.85. The highest BCUT2D eigenvalue weighted by Crippen LogP contribution is 2.25. The number of nitrogens with zero attached hydrogens (tertiary/aromatic N) is 6. The van der Waals surface area contributed by atoms with Gasteiger partial charge in [-0.3, -0.25) is 0 Å². The van der Waals surface area contributed by atoms with Gasteiger partial charge in [0.05, 0.1) is 5.56 Å². The largest absolute Gasteiger partial charge is 0.351 e. The van der Waals surface area contributed by atoms with Crippen molar-refractivity contribution in [2.24, 2.45) is 20.4 Å². The van der Waals surface area contributed by atoms with E-state index >= 15 is 0 Å². The molecule has 0 aliphatic heterocycles. The van der Waals surface area contributed by atoms with E-state index < -0.39 is 40.4 Å². The molecule has 6 nitrogen and oxygen atoms in total. The summed E-state index contributed by atoms with van der Waals surface area (Å²) in [5.74, 6) is -10.7. The molecule has 0 fully saturated rings. The Hall–Kier alpha value is -2.93. The van der Waals surface area contributed by atoms with Crippen LogP contribution in [-0.2, 0) is 0 Å². The first-order valence-electron chi connectivity index (χ1n) is 11.4. The van der Waals surface area contributed by atoms with Gasteiger partial charge in [0.1, 0.15) is 11.4 Å². The van der Waals surface area contributed by atoms with Crippen LogP contribution in [0.25, 0.3) is 0 Å². The van der Waals surface area contributed by atoms with Crippen molar-refractivity contribution in [1.29, 1.82) is 0 Å². The first kappa shape index (κ1) is 30.3. The molecule has 0 aliphatic rings. The van der Waals surface area contributed by atoms with E-state index in [0.717, 1.165) is 0 Å². The highest BCUT2D eigenvalue weighted by Gasteiger charge is 2.31. The minimum atomic E-state index is -2.30. The standard InChI is InChI=1S/C24H27F5N6S2/c1-5-34(6-2)23(36)32-30-21(14-12-10-9-11-13-14)22(31-33-24(37)35(7-3)8-4)15-16(25)18(27)20(29)19(28)17(15)26/h9-13H,5-8H2,1-4H3,(H,32,36)(H,33,37)/b30-21+,31-22+. The van der Waals surface area contributed by atoms with Crippen LogP contribution in [0.4, 0.5) is 22.0 Å². The zero-order valence-electron chi connectivity index (χ0n) is 20.7. The van der Waals surface area contributed by atoms with Crippen molar-refractivity contribution in [3.63, 3.8) is 0 Å². The van der Waals surface area contributed by atoms with Crippen LogP contribution in [0.15, 0.2) is 50.7 Å². The topological polar surface area (TPSA) is 55.9 Å². The number of thiol groups is 2. The molecule has 0 atom stereocenters. The quantitative estimate of drug-likeness (QED) is 0.0784. The van der Waals surface area contributed by atoms with Gasteiger partial charge in [-0.25, -0.2) is 22.0 Å². The van der Waals surface area contributed by atoms with Gasteiger partial charge < -0.3 is 9.80 Å². The molecule has 0 radical (unpaired) electrons. The molecule has 0 bridgehead atoms. The van der Waals surface area contributed by atoms with E-state index in [-0.39, 0.29) is 21.6 Å². The lowest BCUT2D eigenvalue weighted by molar-refractivity contribution is 0.377. The van der Waals surface area contributed by atoms with Crippen molar-refractivity contribution in [2.75, 3.05) is 26.2 Å². The molecule has 0 saturated carbocycles. The SMILES string of the molecule is CCN(CC)/C(S)=N/N=C(/C(=N/N=C(\S)N(CC)CC)c1c(F)c(F)c(F)c(F)c1F)c1ccccc1. The third-order valence-electron chi connectivity index (χ3n) is 5.29. The Labute approximate surface area is 223 Å². The Bertz CT molecular complexity index is 1180. The molecule has 37 heavy (non-hydrogen) atoms. The van der Waals surface area contributed by atoms with E-state index in [1.807, 2.05) is 27.7 Å². The number of amidine groups is 2. The molecule has 0 N–H and O–H groups in total. The van der Waals surface area contributed by atoms with Crippen LogP contribution in [-0.4, -0.2) is 57.7 Å². The molecule has 0 heterocycles. The normalized spacial score (nSPS) is 13.3. The first-order valence-corrected chi connectivity index (χ1v) is 12.3. The van der Waals surface area contributed by atoms with Gasteiger partial charge in [0.15, 0.2) is 33.6 Å². The number of rotatable bonds is 9. The Morgan fingerprint density at radius 2 is 0.973 bits per heavy atom. The summed E-state index contributed by atoms with van der Waals surface area (Å²) in [7, 11) is 0. The van der Waals surface area contributed by atoms with E-state index in [1.165, 1.54) is 12.1 Å². The van der Waals surface area contributed by atoms with Gasteiger partial charge in [-0.15, -0.1) is 45.7 Å². The number of benzene rings is 2. The minimum absolute atomic E-state index is 0.0558. The van der Waals surface area contributed by atoms with Gasteiger partial charge in [0.25, 0.3) is 0 Å². The average molecular weight is 559 g/mol. The maximum Gasteiger partial charge on any atom is 0.200 e. The van der Waals surface area contributed by atoms with Crippen LogP contribution in [0.5, 0.6) is 0 Å². The van der Waals surface area contributed by atoms with E-state index in [9.17, 15) is 22.0 Å². The van der Waals surface area contributed by atoms with E-state index in [1.54, 1.807) is 28.0 Å². The summed E-state index contributed by atoms with van der Waals surface area (Å²) in [6.45, 7) is 9.36. The number of hydrogen-bond acceptors (Lipinski definition) is 4. The molecule has 0 aromatic heterocycles. The van der Waals surface area contributed by atoms with Crippen molar-refractivity contribution in [1.82, 2.24) is 9.80 Å². The lowest BCUT2D eigenvalue weighted by Gasteiger charge is -2.19. The summed E-state index contributed by atoms with van der Waals surface area (Å²) in [4.78, 5) is 3.39. The van der Waals surface area contributed by atoms with Crippen molar-refractivity contribution in [2.45, 2.75) is 27.7 Å². The van der Waals surface area contributed by atoms with Crippen LogP contribution in [0.3, 0.4) is 0 Å². The molecule has 200 valence electrons. The molecule has 0 unspecified atom stereocenters. The Morgan fingerprint density at radius 1 is 0.595 bits per heavy atom. The molecule has 2 aromatic carbocycles. The smallest absolute Gasteiger partial charge is 0.200 e. The summed E-state index contributed by atoms with van der Waals surface area (Å²) in [6, 6.07) is 7.90. The Kier molecular flexibility index (Phi) is 11.6. The van der Waals surface area contributed by atoms with Crippen LogP contribution in [0.2, 0.25) is 0 Å². The van der Waals surface area contributed by atoms with Crippen molar-refractivity contribution < 1.29 is 22.0 Å². The van der Waals surface area contributed by atoms with Crippen LogP contribution < -0.4 is 0 Å². The molecule has 0 saturated heterocycles. The highest BCUT2D eigenvalue weighted by molar-refractivity contribution is 7.97. The van der Waals surface area contributed by atoms with Crippen molar-refractivity contribution >= 4 is 47.0 Å². The fourth-order valence-electron chi connectivity index (χ4n) is 3.20. The predicted octanol–water partition coefficient (Wildman–Crippen LogP) is 5.75. The highest BCUT2D eigenvalue weighted by atomic mass is 32.1. The molecular weight excluding hydrogens is 531 g/mol. The average Bonchev–Trinajstić information content (AvgIpc) is 2.91. The van der Waals surface area contributed by atoms with Crippen LogP contribution >= 0.6 is 25.3 Å². The molecule has 13 heteroatoms. The van der Waals surface area contributed by atoms with Crippen molar-refractivity contribution in [3.8, 4) is 0 Å². The number of hydrogen-bond donors (Lipinski definition) is 2. The Balaban J connectivity index is 2.97. The van der Waals surface area contributed by atoms with E-state index in [2.05, 4.69) is 45.7 Å². The summed E-state index contributed by atoms with van der Waals surface area (Å²) in [5, 5.41) is 16.2. The van der Waals surface area contributed by atoms with Gasteiger partial charge in [-0.1, -0.05) is 30.3 Å². The third kappa shape index (κ3) is 7.10. The molecule has 0 spiro atoms. The van der Waals surface area contributed by atoms with Crippen molar-refractivity contribution in [3.05, 3.63) is 70.5 Å². The first-order chi connectivity index (χ1) is 17.6. The zero-order valence-corrected chi connectivity index (χ0v) is 22.5. The Morgan fingerprint density at radius 3 is 1.38 bits per heavy atom. The minimum Gasteiger partial charge on any atom is -0.351 e. The van der Waals surface area contributed by atoms with E-state index in [0.29, 0.717) is 26.2 Å². The number of halogens is 5. The molecule has 2 aromatic rings. The second kappa shape index (κ2) is 14.1. The van der Waals surface area contributed by atoms with Gasteiger partial charge >= 0.3 is 0 Å². The maximum absolute atomic E-state index is 15.0. The maximum atomic E-state index is 15.0.